The van der Waals surface area contributed by atoms with Gasteiger partial charge in [-0.3, -0.25) is 0 Å². The van der Waals surface area contributed by atoms with Crippen LogP contribution in [0.4, 0.5) is 0 Å². The standard InChI is InChI=1S/C14H28N2.ClH/c1-14(2)6-11-16(12-7-14)10-5-13-3-8-15-9-4-13;/h13,15H,3-12H2,1-2H3;1H. The molecule has 2 nitrogen and oxygen atoms in total. The third-order valence-corrected chi connectivity index (χ3v) is 4.52. The van der Waals surface area contributed by atoms with Crippen LogP contribution in [0.25, 0.3) is 0 Å². The predicted molar refractivity (Wildman–Crippen MR) is 76.9 cm³/mol. The van der Waals surface area contributed by atoms with Crippen molar-refractivity contribution in [3.8, 4) is 0 Å². The van der Waals surface area contributed by atoms with E-state index in [4.69, 9.17) is 0 Å². The molecule has 0 radical (unpaired) electrons. The topological polar surface area (TPSA) is 15.3 Å². The zero-order valence-corrected chi connectivity index (χ0v) is 12.3. The Labute approximate surface area is 113 Å². The van der Waals surface area contributed by atoms with Crippen molar-refractivity contribution < 1.29 is 0 Å². The minimum atomic E-state index is 0. The van der Waals surface area contributed by atoms with Gasteiger partial charge in [0.2, 0.25) is 0 Å². The molecule has 0 saturated carbocycles. The maximum absolute atomic E-state index is 3.45. The van der Waals surface area contributed by atoms with Crippen LogP contribution in [0.1, 0.15) is 46.0 Å². The zero-order chi connectivity index (χ0) is 11.4. The van der Waals surface area contributed by atoms with E-state index in [2.05, 4.69) is 24.1 Å². The average Bonchev–Trinajstić information content (AvgIpc) is 2.29. The lowest BCUT2D eigenvalue weighted by Crippen LogP contribution is -2.39. The Kier molecular flexibility index (Phi) is 6.25. The Morgan fingerprint density at radius 3 is 2.29 bits per heavy atom. The molecule has 0 atom stereocenters. The maximum atomic E-state index is 3.45. The second-order valence-electron chi connectivity index (χ2n) is 6.49. The molecule has 2 fully saturated rings. The van der Waals surface area contributed by atoms with Crippen LogP contribution < -0.4 is 5.32 Å². The smallest absolute Gasteiger partial charge is 0.00136 e. The summed E-state index contributed by atoms with van der Waals surface area (Å²) < 4.78 is 0. The predicted octanol–water partition coefficient (Wildman–Crippen LogP) is 2.92. The van der Waals surface area contributed by atoms with Gasteiger partial charge >= 0.3 is 0 Å². The van der Waals surface area contributed by atoms with Crippen LogP contribution in [-0.4, -0.2) is 37.6 Å². The second kappa shape index (κ2) is 6.96. The van der Waals surface area contributed by atoms with E-state index in [9.17, 15) is 0 Å². The number of likely N-dealkylation sites (tertiary alicyclic amines) is 1. The van der Waals surface area contributed by atoms with Crippen molar-refractivity contribution in [2.75, 3.05) is 32.7 Å². The van der Waals surface area contributed by atoms with Gasteiger partial charge in [0.25, 0.3) is 0 Å². The van der Waals surface area contributed by atoms with Gasteiger partial charge in [0, 0.05) is 0 Å². The van der Waals surface area contributed by atoms with Crippen LogP contribution in [0, 0.1) is 11.3 Å². The molecule has 0 unspecified atom stereocenters. The van der Waals surface area contributed by atoms with Crippen LogP contribution in [0.5, 0.6) is 0 Å². The van der Waals surface area contributed by atoms with Crippen molar-refractivity contribution in [1.82, 2.24) is 10.2 Å². The van der Waals surface area contributed by atoms with Gasteiger partial charge in [-0.2, -0.15) is 0 Å². The van der Waals surface area contributed by atoms with Gasteiger partial charge in [0.1, 0.15) is 0 Å². The number of hydrogen-bond donors (Lipinski definition) is 1. The van der Waals surface area contributed by atoms with E-state index in [1.165, 1.54) is 64.8 Å². The molecular formula is C14H29ClN2. The molecule has 17 heavy (non-hydrogen) atoms. The molecule has 0 aromatic rings. The number of piperidine rings is 2. The van der Waals surface area contributed by atoms with E-state index >= 15 is 0 Å². The SMILES string of the molecule is CC1(C)CCN(CCC2CCNCC2)CC1.Cl. The molecule has 2 heterocycles. The summed E-state index contributed by atoms with van der Waals surface area (Å²) in [4.78, 5) is 2.69. The van der Waals surface area contributed by atoms with Crippen molar-refractivity contribution in [1.29, 1.82) is 0 Å². The lowest BCUT2D eigenvalue weighted by molar-refractivity contribution is 0.124. The van der Waals surface area contributed by atoms with Crippen LogP contribution in [0.2, 0.25) is 0 Å². The molecule has 0 amide bonds. The first kappa shape index (κ1) is 15.3. The molecule has 2 rings (SSSR count). The zero-order valence-electron chi connectivity index (χ0n) is 11.5. The highest BCUT2D eigenvalue weighted by molar-refractivity contribution is 5.85. The lowest BCUT2D eigenvalue weighted by atomic mass is 9.82. The largest absolute Gasteiger partial charge is 0.317 e. The fourth-order valence-electron chi connectivity index (χ4n) is 2.92. The van der Waals surface area contributed by atoms with Gasteiger partial charge in [0.15, 0.2) is 0 Å². The number of nitrogens with zero attached hydrogens (tertiary/aromatic N) is 1. The summed E-state index contributed by atoms with van der Waals surface area (Å²) in [7, 11) is 0. The summed E-state index contributed by atoms with van der Waals surface area (Å²) in [6.45, 7) is 11.3. The summed E-state index contributed by atoms with van der Waals surface area (Å²) >= 11 is 0. The number of nitrogens with one attached hydrogen (secondary N) is 1. The molecule has 0 bridgehead atoms. The fourth-order valence-corrected chi connectivity index (χ4v) is 2.92. The summed E-state index contributed by atoms with van der Waals surface area (Å²) in [6, 6.07) is 0. The molecule has 2 aliphatic heterocycles. The minimum Gasteiger partial charge on any atom is -0.317 e. The Morgan fingerprint density at radius 2 is 1.71 bits per heavy atom. The summed E-state index contributed by atoms with van der Waals surface area (Å²) in [5.74, 6) is 0.996. The molecule has 0 aliphatic carbocycles. The Balaban J connectivity index is 0.00000144. The second-order valence-corrected chi connectivity index (χ2v) is 6.49. The van der Waals surface area contributed by atoms with Crippen LogP contribution >= 0.6 is 12.4 Å². The Morgan fingerprint density at radius 1 is 1.12 bits per heavy atom. The molecule has 0 aromatic carbocycles. The van der Waals surface area contributed by atoms with Gasteiger partial charge in [-0.15, -0.1) is 12.4 Å². The van der Waals surface area contributed by atoms with E-state index in [-0.39, 0.29) is 12.4 Å². The highest BCUT2D eigenvalue weighted by Gasteiger charge is 2.25. The monoisotopic (exact) mass is 260 g/mol. The van der Waals surface area contributed by atoms with Crippen molar-refractivity contribution in [3.05, 3.63) is 0 Å². The molecule has 3 heteroatoms. The first-order chi connectivity index (χ1) is 7.66. The quantitative estimate of drug-likeness (QED) is 0.840. The summed E-state index contributed by atoms with van der Waals surface area (Å²) in [5, 5.41) is 3.45. The molecule has 2 saturated heterocycles. The molecule has 0 spiro atoms. The Hall–Kier alpha value is 0.210. The first-order valence-corrected chi connectivity index (χ1v) is 7.09. The third-order valence-electron chi connectivity index (χ3n) is 4.52. The number of halogens is 1. The first-order valence-electron chi connectivity index (χ1n) is 7.09. The van der Waals surface area contributed by atoms with E-state index in [0.717, 1.165) is 5.92 Å². The van der Waals surface area contributed by atoms with Crippen molar-refractivity contribution in [2.45, 2.75) is 46.0 Å². The van der Waals surface area contributed by atoms with Gasteiger partial charge < -0.3 is 10.2 Å². The highest BCUT2D eigenvalue weighted by Crippen LogP contribution is 2.30. The molecular weight excluding hydrogens is 232 g/mol. The van der Waals surface area contributed by atoms with Crippen LogP contribution in [-0.2, 0) is 0 Å². The van der Waals surface area contributed by atoms with Crippen LogP contribution in [0.3, 0.4) is 0 Å². The summed E-state index contributed by atoms with van der Waals surface area (Å²) in [5.41, 5.74) is 0.602. The van der Waals surface area contributed by atoms with E-state index < -0.39 is 0 Å². The normalized spacial score (nSPS) is 26.5. The van der Waals surface area contributed by atoms with Gasteiger partial charge in [-0.05, 0) is 76.2 Å². The lowest BCUT2D eigenvalue weighted by Gasteiger charge is -2.37. The van der Waals surface area contributed by atoms with Gasteiger partial charge in [-0.25, -0.2) is 0 Å². The van der Waals surface area contributed by atoms with Gasteiger partial charge in [-0.1, -0.05) is 13.8 Å². The van der Waals surface area contributed by atoms with Crippen molar-refractivity contribution in [2.24, 2.45) is 11.3 Å². The van der Waals surface area contributed by atoms with Gasteiger partial charge in [0.05, 0.1) is 0 Å². The highest BCUT2D eigenvalue weighted by atomic mass is 35.5. The van der Waals surface area contributed by atoms with Crippen molar-refractivity contribution in [3.63, 3.8) is 0 Å². The fraction of sp³-hybridized carbons (Fsp3) is 1.00. The van der Waals surface area contributed by atoms with E-state index in [1.54, 1.807) is 0 Å². The van der Waals surface area contributed by atoms with E-state index in [0.29, 0.717) is 5.41 Å². The average molecular weight is 261 g/mol. The third kappa shape index (κ3) is 5.15. The summed E-state index contributed by atoms with van der Waals surface area (Å²) in [6.07, 6.45) is 7.01. The van der Waals surface area contributed by atoms with Crippen LogP contribution in [0.15, 0.2) is 0 Å². The minimum absolute atomic E-state index is 0. The molecule has 102 valence electrons. The Bertz CT molecular complexity index is 202. The van der Waals surface area contributed by atoms with Crippen molar-refractivity contribution >= 4 is 12.4 Å². The molecule has 1 N–H and O–H groups in total. The molecule has 0 aromatic heterocycles. The maximum Gasteiger partial charge on any atom is -0.00136 e. The molecule has 2 aliphatic rings. The van der Waals surface area contributed by atoms with E-state index in [1.807, 2.05) is 0 Å². The number of hydrogen-bond acceptors (Lipinski definition) is 2. The number of rotatable bonds is 3.